The summed E-state index contributed by atoms with van der Waals surface area (Å²) in [4.78, 5) is 23.5. The lowest BCUT2D eigenvalue weighted by Crippen LogP contribution is -2.29. The van der Waals surface area contributed by atoms with E-state index in [0.717, 1.165) is 4.47 Å². The summed E-state index contributed by atoms with van der Waals surface area (Å²) in [7, 11) is 0. The molecule has 2 rings (SSSR count). The number of amides is 2. The van der Waals surface area contributed by atoms with Gasteiger partial charge in [0.1, 0.15) is 0 Å². The van der Waals surface area contributed by atoms with E-state index in [-0.39, 0.29) is 0 Å². The topological polar surface area (TPSA) is 58.2 Å². The molecule has 4 nitrogen and oxygen atoms in total. The van der Waals surface area contributed by atoms with Gasteiger partial charge in [0.2, 0.25) is 0 Å². The minimum Gasteiger partial charge on any atom is -0.318 e. The van der Waals surface area contributed by atoms with Crippen molar-refractivity contribution in [1.29, 1.82) is 0 Å². The minimum absolute atomic E-state index is 0.371. The van der Waals surface area contributed by atoms with Crippen LogP contribution in [0.3, 0.4) is 0 Å². The number of hydrogen-bond donors (Lipinski definition) is 2. The molecule has 0 aromatic heterocycles. The van der Waals surface area contributed by atoms with Crippen LogP contribution in [0.15, 0.2) is 53.0 Å². The van der Waals surface area contributed by atoms with Gasteiger partial charge in [0.15, 0.2) is 0 Å². The molecule has 2 amide bonds. The highest BCUT2D eigenvalue weighted by Crippen LogP contribution is 2.20. The lowest BCUT2D eigenvalue weighted by atomic mass is 10.3. The van der Waals surface area contributed by atoms with Crippen molar-refractivity contribution in [3.8, 4) is 0 Å². The molecule has 0 atom stereocenters. The Labute approximate surface area is 129 Å². The lowest BCUT2D eigenvalue weighted by molar-refractivity contribution is -0.132. The molecule has 0 aliphatic carbocycles. The summed E-state index contributed by atoms with van der Waals surface area (Å²) >= 11 is 9.18. The second-order valence-electron chi connectivity index (χ2n) is 3.90. The zero-order chi connectivity index (χ0) is 14.5. The van der Waals surface area contributed by atoms with Crippen LogP contribution in [0.25, 0.3) is 0 Å². The van der Waals surface area contributed by atoms with Gasteiger partial charge in [0.05, 0.1) is 10.7 Å². The first-order chi connectivity index (χ1) is 9.56. The second kappa shape index (κ2) is 6.54. The summed E-state index contributed by atoms with van der Waals surface area (Å²) in [5.74, 6) is -1.54. The molecule has 6 heteroatoms. The van der Waals surface area contributed by atoms with E-state index in [1.165, 1.54) is 0 Å². The van der Waals surface area contributed by atoms with Crippen LogP contribution in [0.5, 0.6) is 0 Å². The van der Waals surface area contributed by atoms with E-state index >= 15 is 0 Å². The molecule has 0 bridgehead atoms. The summed E-state index contributed by atoms with van der Waals surface area (Å²) in [6.07, 6.45) is 0. The van der Waals surface area contributed by atoms with Crippen LogP contribution >= 0.6 is 27.5 Å². The van der Waals surface area contributed by atoms with Gasteiger partial charge in [-0.25, -0.2) is 0 Å². The Kier molecular flexibility index (Phi) is 4.76. The van der Waals surface area contributed by atoms with Gasteiger partial charge in [0.25, 0.3) is 0 Å². The number of nitrogens with one attached hydrogen (secondary N) is 2. The van der Waals surface area contributed by atoms with E-state index in [4.69, 9.17) is 11.6 Å². The van der Waals surface area contributed by atoms with E-state index in [1.807, 2.05) is 6.07 Å². The normalized spacial score (nSPS) is 9.90. The molecule has 20 heavy (non-hydrogen) atoms. The van der Waals surface area contributed by atoms with Gasteiger partial charge in [-0.3, -0.25) is 9.59 Å². The SMILES string of the molecule is O=C(Nc1cccc(Br)c1)C(=O)Nc1ccccc1Cl. The number of carbonyl (C=O) groups excluding carboxylic acids is 2. The van der Waals surface area contributed by atoms with Crippen molar-refractivity contribution in [2.45, 2.75) is 0 Å². The molecule has 0 heterocycles. The van der Waals surface area contributed by atoms with E-state index < -0.39 is 11.8 Å². The highest BCUT2D eigenvalue weighted by atomic mass is 79.9. The van der Waals surface area contributed by atoms with Crippen LogP contribution in [0.4, 0.5) is 11.4 Å². The van der Waals surface area contributed by atoms with Crippen molar-refractivity contribution in [2.75, 3.05) is 10.6 Å². The maximum atomic E-state index is 11.8. The van der Waals surface area contributed by atoms with Gasteiger partial charge in [-0.15, -0.1) is 0 Å². The summed E-state index contributed by atoms with van der Waals surface area (Å²) in [5, 5.41) is 5.32. The average molecular weight is 354 g/mol. The van der Waals surface area contributed by atoms with Crippen molar-refractivity contribution >= 4 is 50.7 Å². The molecule has 102 valence electrons. The summed E-state index contributed by atoms with van der Waals surface area (Å²) in [5.41, 5.74) is 0.919. The van der Waals surface area contributed by atoms with Crippen LogP contribution in [0.1, 0.15) is 0 Å². The molecule has 0 fully saturated rings. The number of para-hydroxylation sites is 1. The van der Waals surface area contributed by atoms with E-state index in [9.17, 15) is 9.59 Å². The Morgan fingerprint density at radius 2 is 1.65 bits per heavy atom. The number of benzene rings is 2. The molecule has 2 N–H and O–H groups in total. The first-order valence-electron chi connectivity index (χ1n) is 5.68. The van der Waals surface area contributed by atoms with Crippen molar-refractivity contribution in [3.05, 3.63) is 58.0 Å². The highest BCUT2D eigenvalue weighted by molar-refractivity contribution is 9.10. The van der Waals surface area contributed by atoms with Crippen LogP contribution in [-0.4, -0.2) is 11.8 Å². The zero-order valence-corrected chi connectivity index (χ0v) is 12.5. The fourth-order valence-corrected chi connectivity index (χ4v) is 2.08. The molecule has 0 spiro atoms. The Morgan fingerprint density at radius 1 is 0.950 bits per heavy atom. The van der Waals surface area contributed by atoms with E-state index in [2.05, 4.69) is 26.6 Å². The quantitative estimate of drug-likeness (QED) is 0.809. The second-order valence-corrected chi connectivity index (χ2v) is 5.22. The Morgan fingerprint density at radius 3 is 2.35 bits per heavy atom. The van der Waals surface area contributed by atoms with Gasteiger partial charge >= 0.3 is 11.8 Å². The van der Waals surface area contributed by atoms with Crippen LogP contribution in [0, 0.1) is 0 Å². The summed E-state index contributed by atoms with van der Waals surface area (Å²) < 4.78 is 0.807. The first-order valence-corrected chi connectivity index (χ1v) is 6.86. The molecule has 2 aromatic rings. The van der Waals surface area contributed by atoms with Crippen molar-refractivity contribution in [2.24, 2.45) is 0 Å². The zero-order valence-electron chi connectivity index (χ0n) is 10.2. The van der Waals surface area contributed by atoms with E-state index in [1.54, 1.807) is 42.5 Å². The van der Waals surface area contributed by atoms with Gasteiger partial charge in [-0.2, -0.15) is 0 Å². The molecule has 2 aromatic carbocycles. The first kappa shape index (κ1) is 14.6. The molecule has 0 unspecified atom stereocenters. The monoisotopic (exact) mass is 352 g/mol. The summed E-state index contributed by atoms with van der Waals surface area (Å²) in [6, 6.07) is 13.7. The number of rotatable bonds is 2. The fraction of sp³-hybridized carbons (Fsp3) is 0. The maximum Gasteiger partial charge on any atom is 0.314 e. The third-order valence-electron chi connectivity index (χ3n) is 2.41. The molecule has 0 aliphatic heterocycles. The number of anilines is 2. The Bertz CT molecular complexity index is 661. The van der Waals surface area contributed by atoms with E-state index in [0.29, 0.717) is 16.4 Å². The largest absolute Gasteiger partial charge is 0.318 e. The Balaban J connectivity index is 2.03. The lowest BCUT2D eigenvalue weighted by Gasteiger charge is -2.07. The third kappa shape index (κ3) is 3.82. The average Bonchev–Trinajstić information content (AvgIpc) is 2.41. The molecular weight excluding hydrogens is 344 g/mol. The van der Waals surface area contributed by atoms with Crippen molar-refractivity contribution in [1.82, 2.24) is 0 Å². The number of hydrogen-bond acceptors (Lipinski definition) is 2. The highest BCUT2D eigenvalue weighted by Gasteiger charge is 2.15. The van der Waals surface area contributed by atoms with Gasteiger partial charge < -0.3 is 10.6 Å². The van der Waals surface area contributed by atoms with Crippen molar-refractivity contribution in [3.63, 3.8) is 0 Å². The van der Waals surface area contributed by atoms with Crippen LogP contribution in [-0.2, 0) is 9.59 Å². The van der Waals surface area contributed by atoms with Crippen LogP contribution in [0.2, 0.25) is 5.02 Å². The predicted octanol–water partition coefficient (Wildman–Crippen LogP) is 3.68. The van der Waals surface area contributed by atoms with Gasteiger partial charge in [0, 0.05) is 10.2 Å². The molecule has 0 saturated carbocycles. The predicted molar refractivity (Wildman–Crippen MR) is 82.9 cm³/mol. The smallest absolute Gasteiger partial charge is 0.314 e. The number of carbonyl (C=O) groups is 2. The minimum atomic E-state index is -0.780. The maximum absolute atomic E-state index is 11.8. The number of halogens is 2. The fourth-order valence-electron chi connectivity index (χ4n) is 1.50. The van der Waals surface area contributed by atoms with Gasteiger partial charge in [-0.05, 0) is 30.3 Å². The molecular formula is C14H10BrClN2O2. The molecule has 0 radical (unpaired) electrons. The van der Waals surface area contributed by atoms with Gasteiger partial charge in [-0.1, -0.05) is 45.7 Å². The summed E-state index contributed by atoms with van der Waals surface area (Å²) in [6.45, 7) is 0. The van der Waals surface area contributed by atoms with Crippen molar-refractivity contribution < 1.29 is 9.59 Å². The molecule has 0 saturated heterocycles. The third-order valence-corrected chi connectivity index (χ3v) is 3.23. The van der Waals surface area contributed by atoms with Crippen LogP contribution < -0.4 is 10.6 Å². The Hall–Kier alpha value is -1.85. The standard InChI is InChI=1S/C14H10BrClN2O2/c15-9-4-3-5-10(8-9)17-13(19)14(20)18-12-7-2-1-6-11(12)16/h1-8H,(H,17,19)(H,18,20). The molecule has 0 aliphatic rings.